The van der Waals surface area contributed by atoms with Crippen LogP contribution in [-0.2, 0) is 6.61 Å². The van der Waals surface area contributed by atoms with Gasteiger partial charge in [0.25, 0.3) is 5.91 Å². The van der Waals surface area contributed by atoms with Crippen molar-refractivity contribution in [3.63, 3.8) is 0 Å². The number of carbonyl (C=O) groups is 1. The van der Waals surface area contributed by atoms with Crippen molar-refractivity contribution >= 4 is 5.91 Å². The lowest BCUT2D eigenvalue weighted by Crippen LogP contribution is -2.38. The van der Waals surface area contributed by atoms with Gasteiger partial charge in [-0.2, -0.15) is 9.97 Å². The summed E-state index contributed by atoms with van der Waals surface area (Å²) in [4.78, 5) is 23.0. The van der Waals surface area contributed by atoms with Gasteiger partial charge < -0.3 is 18.7 Å². The third kappa shape index (κ3) is 4.03. The smallest absolute Gasteiger partial charge is 0.253 e. The van der Waals surface area contributed by atoms with Crippen molar-refractivity contribution in [3.8, 4) is 5.75 Å². The predicted octanol–water partition coefficient (Wildman–Crippen LogP) is 2.67. The van der Waals surface area contributed by atoms with Gasteiger partial charge in [-0.25, -0.2) is 0 Å². The largest absolute Gasteiger partial charge is 0.485 e. The highest BCUT2D eigenvalue weighted by Gasteiger charge is 2.27. The number of hydrogen-bond acceptors (Lipinski definition) is 8. The maximum absolute atomic E-state index is 12.7. The third-order valence-corrected chi connectivity index (χ3v) is 4.71. The Morgan fingerprint density at radius 2 is 1.86 bits per heavy atom. The maximum atomic E-state index is 12.7. The van der Waals surface area contributed by atoms with E-state index in [0.29, 0.717) is 47.8 Å². The van der Waals surface area contributed by atoms with Crippen LogP contribution in [0.1, 0.15) is 52.5 Å². The first-order valence-corrected chi connectivity index (χ1v) is 9.20. The maximum Gasteiger partial charge on any atom is 0.253 e. The Morgan fingerprint density at radius 1 is 1.11 bits per heavy atom. The summed E-state index contributed by atoms with van der Waals surface area (Å²) in [5, 5.41) is 7.63. The topological polar surface area (TPSA) is 107 Å². The molecule has 0 saturated carbocycles. The summed E-state index contributed by atoms with van der Waals surface area (Å²) < 4.78 is 15.8. The summed E-state index contributed by atoms with van der Waals surface area (Å²) in [5.74, 6) is 3.17. The van der Waals surface area contributed by atoms with Gasteiger partial charge >= 0.3 is 0 Å². The van der Waals surface area contributed by atoms with E-state index in [2.05, 4.69) is 20.3 Å². The number of hydrogen-bond donors (Lipinski definition) is 0. The van der Waals surface area contributed by atoms with E-state index in [1.54, 1.807) is 31.2 Å². The molecule has 1 fully saturated rings. The van der Waals surface area contributed by atoms with Gasteiger partial charge in [-0.15, -0.1) is 0 Å². The van der Waals surface area contributed by atoms with Crippen molar-refractivity contribution in [3.05, 3.63) is 53.3 Å². The minimum absolute atomic E-state index is 0.0144. The molecule has 1 amide bonds. The summed E-state index contributed by atoms with van der Waals surface area (Å²) in [6, 6.07) is 7.08. The first kappa shape index (κ1) is 18.1. The van der Waals surface area contributed by atoms with E-state index < -0.39 is 0 Å². The van der Waals surface area contributed by atoms with Gasteiger partial charge in [0.05, 0.1) is 0 Å². The number of likely N-dealkylation sites (tertiary alicyclic amines) is 1. The van der Waals surface area contributed by atoms with Crippen LogP contribution in [0.5, 0.6) is 5.75 Å². The van der Waals surface area contributed by atoms with Gasteiger partial charge in [-0.05, 0) is 44.0 Å². The van der Waals surface area contributed by atoms with Gasteiger partial charge in [0.1, 0.15) is 5.75 Å². The average molecular weight is 383 g/mol. The Balaban J connectivity index is 1.31. The summed E-state index contributed by atoms with van der Waals surface area (Å²) >= 11 is 0. The number of aryl methyl sites for hydroxylation is 2. The third-order valence-electron chi connectivity index (χ3n) is 4.71. The van der Waals surface area contributed by atoms with Crippen LogP contribution >= 0.6 is 0 Å². The van der Waals surface area contributed by atoms with Crippen molar-refractivity contribution in [2.45, 2.75) is 39.2 Å². The second-order valence-electron chi connectivity index (χ2n) is 6.79. The molecule has 4 rings (SSSR count). The Bertz CT molecular complexity index is 941. The molecule has 146 valence electrons. The lowest BCUT2D eigenvalue weighted by atomic mass is 9.96. The van der Waals surface area contributed by atoms with Gasteiger partial charge in [-0.1, -0.05) is 10.3 Å². The zero-order valence-corrected chi connectivity index (χ0v) is 15.8. The molecule has 1 aliphatic heterocycles. The summed E-state index contributed by atoms with van der Waals surface area (Å²) in [6.45, 7) is 5.08. The number of benzene rings is 1. The van der Waals surface area contributed by atoms with Gasteiger partial charge in [0.2, 0.25) is 17.6 Å². The quantitative estimate of drug-likeness (QED) is 0.662. The molecule has 3 aromatic rings. The van der Waals surface area contributed by atoms with Crippen molar-refractivity contribution in [2.75, 3.05) is 13.1 Å². The zero-order valence-electron chi connectivity index (χ0n) is 15.8. The lowest BCUT2D eigenvalue weighted by Gasteiger charge is -2.30. The second kappa shape index (κ2) is 7.79. The molecular weight excluding hydrogens is 362 g/mol. The molecule has 0 N–H and O–H groups in total. The van der Waals surface area contributed by atoms with Crippen LogP contribution < -0.4 is 4.74 Å². The Hall–Kier alpha value is -3.23. The van der Waals surface area contributed by atoms with Crippen molar-refractivity contribution < 1.29 is 18.6 Å². The van der Waals surface area contributed by atoms with E-state index in [1.165, 1.54) is 0 Å². The number of rotatable bonds is 5. The summed E-state index contributed by atoms with van der Waals surface area (Å²) in [7, 11) is 0. The minimum atomic E-state index is 0.0144. The van der Waals surface area contributed by atoms with Crippen LogP contribution in [0.2, 0.25) is 0 Å². The second-order valence-corrected chi connectivity index (χ2v) is 6.79. The molecule has 0 bridgehead atoms. The highest BCUT2D eigenvalue weighted by atomic mass is 16.5. The number of aromatic nitrogens is 4. The van der Waals surface area contributed by atoms with Crippen LogP contribution in [0.15, 0.2) is 33.3 Å². The molecule has 0 radical (unpaired) electrons. The number of carbonyl (C=O) groups excluding carboxylic acids is 1. The molecule has 9 nitrogen and oxygen atoms in total. The lowest BCUT2D eigenvalue weighted by molar-refractivity contribution is 0.0704. The number of piperidine rings is 1. The Morgan fingerprint density at radius 3 is 2.46 bits per heavy atom. The van der Waals surface area contributed by atoms with E-state index in [0.717, 1.165) is 12.8 Å². The number of amides is 1. The van der Waals surface area contributed by atoms with Crippen LogP contribution in [0.4, 0.5) is 0 Å². The Labute approximate surface area is 161 Å². The Kier molecular flexibility index (Phi) is 5.05. The highest BCUT2D eigenvalue weighted by molar-refractivity contribution is 5.94. The molecule has 9 heteroatoms. The van der Waals surface area contributed by atoms with Crippen molar-refractivity contribution in [1.29, 1.82) is 0 Å². The molecule has 0 unspecified atom stereocenters. The summed E-state index contributed by atoms with van der Waals surface area (Å²) in [5.41, 5.74) is 0.634. The molecule has 1 aromatic carbocycles. The molecule has 1 aliphatic rings. The SMILES string of the molecule is Cc1noc(C2CCN(C(=O)c3ccc(OCc4noc(C)n4)cc3)CC2)n1. The standard InChI is InChI=1S/C19H21N5O4/c1-12-20-18(28-22-12)14-7-9-24(10-8-14)19(25)15-3-5-16(6-4-15)26-11-17-21-13(2)27-23-17/h3-6,14H,7-11H2,1-2H3. The van der Waals surface area contributed by atoms with Crippen LogP contribution in [0, 0.1) is 13.8 Å². The summed E-state index contributed by atoms with van der Waals surface area (Å²) in [6.07, 6.45) is 1.64. The molecule has 0 spiro atoms. The number of nitrogens with zero attached hydrogens (tertiary/aromatic N) is 5. The average Bonchev–Trinajstić information content (AvgIpc) is 3.34. The normalized spacial score (nSPS) is 15.0. The predicted molar refractivity (Wildman–Crippen MR) is 96.7 cm³/mol. The highest BCUT2D eigenvalue weighted by Crippen LogP contribution is 2.27. The molecule has 28 heavy (non-hydrogen) atoms. The fourth-order valence-corrected chi connectivity index (χ4v) is 3.23. The fourth-order valence-electron chi connectivity index (χ4n) is 3.23. The van der Waals surface area contributed by atoms with E-state index in [4.69, 9.17) is 13.8 Å². The van der Waals surface area contributed by atoms with E-state index in [1.807, 2.05) is 11.8 Å². The van der Waals surface area contributed by atoms with E-state index >= 15 is 0 Å². The van der Waals surface area contributed by atoms with E-state index in [9.17, 15) is 4.79 Å². The van der Waals surface area contributed by atoms with Crippen molar-refractivity contribution in [2.24, 2.45) is 0 Å². The molecular formula is C19H21N5O4. The number of ether oxygens (including phenoxy) is 1. The molecule has 2 aromatic heterocycles. The first-order chi connectivity index (χ1) is 13.6. The van der Waals surface area contributed by atoms with Gasteiger partial charge in [0.15, 0.2) is 12.4 Å². The fraction of sp³-hybridized carbons (Fsp3) is 0.421. The molecule has 1 saturated heterocycles. The van der Waals surface area contributed by atoms with Crippen LogP contribution in [0.3, 0.4) is 0 Å². The first-order valence-electron chi connectivity index (χ1n) is 9.20. The van der Waals surface area contributed by atoms with Crippen LogP contribution in [0.25, 0.3) is 0 Å². The van der Waals surface area contributed by atoms with Gasteiger partial charge in [-0.3, -0.25) is 4.79 Å². The van der Waals surface area contributed by atoms with E-state index in [-0.39, 0.29) is 18.4 Å². The zero-order chi connectivity index (χ0) is 19.5. The van der Waals surface area contributed by atoms with Crippen molar-refractivity contribution in [1.82, 2.24) is 25.2 Å². The minimum Gasteiger partial charge on any atom is -0.485 e. The van der Waals surface area contributed by atoms with Gasteiger partial charge in [0, 0.05) is 31.5 Å². The molecule has 3 heterocycles. The molecule has 0 atom stereocenters. The van der Waals surface area contributed by atoms with Crippen LogP contribution in [-0.4, -0.2) is 44.2 Å². The molecule has 0 aliphatic carbocycles. The monoisotopic (exact) mass is 383 g/mol.